The first kappa shape index (κ1) is 25.7. The van der Waals surface area contributed by atoms with E-state index in [0.29, 0.717) is 31.6 Å². The van der Waals surface area contributed by atoms with E-state index in [-0.39, 0.29) is 11.8 Å². The van der Waals surface area contributed by atoms with Gasteiger partial charge in [-0.3, -0.25) is 9.78 Å². The van der Waals surface area contributed by atoms with Gasteiger partial charge in [-0.2, -0.15) is 0 Å². The number of hydrogen-bond donors (Lipinski definition) is 1. The summed E-state index contributed by atoms with van der Waals surface area (Å²) >= 11 is 0. The van der Waals surface area contributed by atoms with Crippen LogP contribution in [-0.4, -0.2) is 67.3 Å². The fourth-order valence-corrected chi connectivity index (χ4v) is 4.41. The van der Waals surface area contributed by atoms with Crippen LogP contribution in [0.25, 0.3) is 10.9 Å². The van der Waals surface area contributed by atoms with Crippen LogP contribution in [0.1, 0.15) is 30.5 Å². The van der Waals surface area contributed by atoms with E-state index in [1.54, 1.807) is 13.3 Å². The van der Waals surface area contributed by atoms with Crippen LogP contribution in [0.4, 0.5) is 0 Å². The number of nitrogens with one attached hydrogen (secondary N) is 1. The maximum Gasteiger partial charge on any atom is 0.223 e. The number of aryl methyl sites for hydroxylation is 2. The fourth-order valence-electron chi connectivity index (χ4n) is 4.41. The van der Waals surface area contributed by atoms with E-state index >= 15 is 0 Å². The van der Waals surface area contributed by atoms with Crippen LogP contribution < -0.4 is 19.5 Å². The molecule has 8 heteroatoms. The number of carbonyl (C=O) groups excluding carboxylic acids is 1. The Kier molecular flexibility index (Phi) is 8.59. The largest absolute Gasteiger partial charge is 0.493 e. The third-order valence-corrected chi connectivity index (χ3v) is 6.49. The first-order chi connectivity index (χ1) is 17.4. The highest BCUT2D eigenvalue weighted by atomic mass is 16.5. The van der Waals surface area contributed by atoms with Crippen LogP contribution in [0.5, 0.6) is 17.4 Å². The van der Waals surface area contributed by atoms with E-state index < -0.39 is 0 Å². The molecule has 2 aliphatic heterocycles. The van der Waals surface area contributed by atoms with Crippen LogP contribution in [-0.2, 0) is 4.79 Å². The van der Waals surface area contributed by atoms with E-state index in [2.05, 4.69) is 40.2 Å². The zero-order valence-corrected chi connectivity index (χ0v) is 21.6. The Bertz CT molecular complexity index is 1180. The lowest BCUT2D eigenvalue weighted by Crippen LogP contribution is -2.35. The molecule has 1 atom stereocenters. The molecular weight excluding hydrogens is 456 g/mol. The van der Waals surface area contributed by atoms with Crippen molar-refractivity contribution < 1.29 is 19.0 Å². The summed E-state index contributed by atoms with van der Waals surface area (Å²) in [6, 6.07) is 11.8. The normalized spacial score (nSPS) is 18.3. The van der Waals surface area contributed by atoms with E-state index in [1.165, 1.54) is 5.56 Å². The van der Waals surface area contributed by atoms with Gasteiger partial charge in [0.2, 0.25) is 11.8 Å². The number of piperidine rings is 1. The number of fused-ring (bicyclic) bond motifs is 1. The first-order valence-corrected chi connectivity index (χ1v) is 12.5. The van der Waals surface area contributed by atoms with Gasteiger partial charge in [-0.25, -0.2) is 4.98 Å². The number of aromatic nitrogens is 2. The lowest BCUT2D eigenvalue weighted by molar-refractivity contribution is -0.119. The average molecular weight is 493 g/mol. The molecule has 0 saturated carbocycles. The number of carbonyl (C=O) groups is 1. The average Bonchev–Trinajstić information content (AvgIpc) is 3.30. The van der Waals surface area contributed by atoms with Gasteiger partial charge in [0.1, 0.15) is 6.10 Å². The summed E-state index contributed by atoms with van der Waals surface area (Å²) in [5.74, 6) is 2.62. The summed E-state index contributed by atoms with van der Waals surface area (Å²) in [6.07, 6.45) is 4.79. The molecule has 0 spiro atoms. The van der Waals surface area contributed by atoms with Crippen LogP contribution in [0.3, 0.4) is 0 Å². The Labute approximate surface area is 213 Å². The molecular formula is C28H36N4O4. The zero-order chi connectivity index (χ0) is 25.5. The zero-order valence-electron chi connectivity index (χ0n) is 21.6. The quantitative estimate of drug-likeness (QED) is 0.558. The van der Waals surface area contributed by atoms with Crippen LogP contribution >= 0.6 is 0 Å². The van der Waals surface area contributed by atoms with Gasteiger partial charge in [0.05, 0.1) is 24.6 Å². The molecule has 0 aliphatic carbocycles. The monoisotopic (exact) mass is 492 g/mol. The minimum Gasteiger partial charge on any atom is -0.493 e. The van der Waals surface area contributed by atoms with Crippen molar-refractivity contribution in [2.45, 2.75) is 39.2 Å². The van der Waals surface area contributed by atoms with Crippen LogP contribution in [0, 0.1) is 19.8 Å². The molecule has 36 heavy (non-hydrogen) atoms. The van der Waals surface area contributed by atoms with Crippen LogP contribution in [0.15, 0.2) is 42.6 Å². The number of hydrogen-bond acceptors (Lipinski definition) is 7. The minimum atomic E-state index is 0.0947. The molecule has 8 nitrogen and oxygen atoms in total. The van der Waals surface area contributed by atoms with Crippen LogP contribution in [0.2, 0.25) is 0 Å². The molecule has 2 aliphatic rings. The van der Waals surface area contributed by atoms with E-state index in [1.807, 2.05) is 37.3 Å². The van der Waals surface area contributed by atoms with Gasteiger partial charge in [0.25, 0.3) is 0 Å². The second kappa shape index (κ2) is 12.0. The summed E-state index contributed by atoms with van der Waals surface area (Å²) in [6.45, 7) is 7.38. The molecule has 3 aromatic rings. The Morgan fingerprint density at radius 1 is 1.11 bits per heavy atom. The molecule has 0 radical (unpaired) electrons. The predicted octanol–water partition coefficient (Wildman–Crippen LogP) is 3.93. The molecule has 2 fully saturated rings. The SMILES string of the molecule is COc1cc(C)ccc1OC1CCN(C)CC1.Cc1cc2ncccc2c(OC[C@H]2CNC(=O)C2)n1. The van der Waals surface area contributed by atoms with E-state index in [9.17, 15) is 4.79 Å². The van der Waals surface area contributed by atoms with Gasteiger partial charge in [0, 0.05) is 43.9 Å². The molecule has 0 bridgehead atoms. The molecule has 0 unspecified atom stereocenters. The van der Waals surface area contributed by atoms with Crippen molar-refractivity contribution in [3.05, 3.63) is 53.9 Å². The van der Waals surface area contributed by atoms with E-state index in [4.69, 9.17) is 14.2 Å². The number of pyridine rings is 2. The van der Waals surface area contributed by atoms with Gasteiger partial charge in [0.15, 0.2) is 11.5 Å². The molecule has 1 amide bonds. The van der Waals surface area contributed by atoms with Crippen molar-refractivity contribution in [3.8, 4) is 17.4 Å². The maximum atomic E-state index is 11.1. The summed E-state index contributed by atoms with van der Waals surface area (Å²) < 4.78 is 17.2. The number of ether oxygens (including phenoxy) is 3. The first-order valence-electron chi connectivity index (χ1n) is 12.5. The number of rotatable bonds is 6. The van der Waals surface area contributed by atoms with E-state index in [0.717, 1.165) is 54.0 Å². The van der Waals surface area contributed by atoms with Gasteiger partial charge < -0.3 is 24.4 Å². The van der Waals surface area contributed by atoms with Crippen molar-refractivity contribution in [2.24, 2.45) is 5.92 Å². The number of benzene rings is 1. The highest BCUT2D eigenvalue weighted by Crippen LogP contribution is 2.30. The Morgan fingerprint density at radius 3 is 2.64 bits per heavy atom. The molecule has 1 aromatic carbocycles. The second-order valence-corrected chi connectivity index (χ2v) is 9.60. The molecule has 5 rings (SSSR count). The molecule has 2 saturated heterocycles. The van der Waals surface area contributed by atoms with Crippen molar-refractivity contribution in [1.82, 2.24) is 20.2 Å². The lowest BCUT2D eigenvalue weighted by atomic mass is 10.1. The van der Waals surface area contributed by atoms with Crippen molar-refractivity contribution in [2.75, 3.05) is 40.4 Å². The molecule has 1 N–H and O–H groups in total. The molecule has 2 aromatic heterocycles. The highest BCUT2D eigenvalue weighted by Gasteiger charge is 2.22. The number of methoxy groups -OCH3 is 1. The topological polar surface area (TPSA) is 85.8 Å². The number of nitrogens with zero attached hydrogens (tertiary/aromatic N) is 3. The van der Waals surface area contributed by atoms with Crippen molar-refractivity contribution in [1.29, 1.82) is 0 Å². The van der Waals surface area contributed by atoms with Crippen molar-refractivity contribution in [3.63, 3.8) is 0 Å². The van der Waals surface area contributed by atoms with Gasteiger partial charge in [-0.1, -0.05) is 6.07 Å². The van der Waals surface area contributed by atoms with Gasteiger partial charge in [-0.05, 0) is 69.6 Å². The van der Waals surface area contributed by atoms with Gasteiger partial charge in [-0.15, -0.1) is 0 Å². The Hall–Kier alpha value is -3.39. The minimum absolute atomic E-state index is 0.0947. The third kappa shape index (κ3) is 6.85. The summed E-state index contributed by atoms with van der Waals surface area (Å²) in [5, 5.41) is 3.71. The van der Waals surface area contributed by atoms with Gasteiger partial charge >= 0.3 is 0 Å². The lowest BCUT2D eigenvalue weighted by Gasteiger charge is -2.29. The highest BCUT2D eigenvalue weighted by molar-refractivity contribution is 5.83. The van der Waals surface area contributed by atoms with Crippen molar-refractivity contribution >= 4 is 16.8 Å². The maximum absolute atomic E-state index is 11.1. The summed E-state index contributed by atoms with van der Waals surface area (Å²) in [5.41, 5.74) is 2.95. The fraction of sp³-hybridized carbons (Fsp3) is 0.464. The standard InChI is InChI=1S/C14H15N3O2.C14H21NO2/c1-9-5-12-11(3-2-4-15-12)14(17-9)19-8-10-6-13(18)16-7-10;1-11-4-5-13(14(10-11)16-3)17-12-6-8-15(2)9-7-12/h2-5,10H,6-8H2,1H3,(H,16,18);4-5,10,12H,6-9H2,1-3H3/t10-;/m1./s1. The summed E-state index contributed by atoms with van der Waals surface area (Å²) in [4.78, 5) is 22.2. The molecule has 4 heterocycles. The second-order valence-electron chi connectivity index (χ2n) is 9.60. The molecule has 192 valence electrons. The Balaban J connectivity index is 0.000000170. The number of amides is 1. The predicted molar refractivity (Wildman–Crippen MR) is 140 cm³/mol. The third-order valence-electron chi connectivity index (χ3n) is 6.49. The smallest absolute Gasteiger partial charge is 0.223 e. The summed E-state index contributed by atoms with van der Waals surface area (Å²) in [7, 11) is 3.85. The Morgan fingerprint density at radius 2 is 1.92 bits per heavy atom. The number of likely N-dealkylation sites (tertiary alicyclic amines) is 1.